The zero-order chi connectivity index (χ0) is 11.1. The van der Waals surface area contributed by atoms with E-state index in [0.717, 1.165) is 6.54 Å². The van der Waals surface area contributed by atoms with Crippen LogP contribution in [-0.4, -0.2) is 11.4 Å². The van der Waals surface area contributed by atoms with Gasteiger partial charge in [-0.2, -0.15) is 0 Å². The fraction of sp³-hybridized carbons (Fsp3) is 0.200. The second-order valence-corrected chi connectivity index (χ2v) is 4.44. The maximum absolute atomic E-state index is 4.00. The Morgan fingerprint density at radius 1 is 1.12 bits per heavy atom. The number of benzene rings is 2. The predicted octanol–water partition coefficient (Wildman–Crippen LogP) is 3.73. The van der Waals surface area contributed by atoms with E-state index in [1.807, 2.05) is 0 Å². The summed E-state index contributed by atoms with van der Waals surface area (Å²) in [6.07, 6.45) is 0. The quantitative estimate of drug-likeness (QED) is 0.681. The lowest BCUT2D eigenvalue weighted by Gasteiger charge is -2.16. The average Bonchev–Trinajstić information content (AvgIpc) is 3.05. The first-order valence-electron chi connectivity index (χ1n) is 5.69. The molecule has 0 saturated carbocycles. The summed E-state index contributed by atoms with van der Waals surface area (Å²) in [5.74, 6) is 0. The Balaban J connectivity index is 2.12. The lowest BCUT2D eigenvalue weighted by atomic mass is 10.00. The zero-order valence-corrected chi connectivity index (χ0v) is 9.48. The van der Waals surface area contributed by atoms with Gasteiger partial charge < -0.3 is 4.90 Å². The van der Waals surface area contributed by atoms with Gasteiger partial charge >= 0.3 is 0 Å². The summed E-state index contributed by atoms with van der Waals surface area (Å²) in [6, 6.07) is 15.5. The smallest absolute Gasteiger partial charge is 0.0576 e. The molecule has 0 aliphatic carbocycles. The maximum atomic E-state index is 4.00. The van der Waals surface area contributed by atoms with Gasteiger partial charge in [0.15, 0.2) is 0 Å². The maximum Gasteiger partial charge on any atom is 0.0576 e. The molecule has 0 aromatic heterocycles. The number of rotatable bonds is 2. The minimum absolute atomic E-state index is 0.443. The van der Waals surface area contributed by atoms with Crippen LogP contribution in [0.5, 0.6) is 0 Å². The van der Waals surface area contributed by atoms with Gasteiger partial charge in [0, 0.05) is 5.70 Å². The highest BCUT2D eigenvalue weighted by atomic mass is 15.3. The Kier molecular flexibility index (Phi) is 2.00. The summed E-state index contributed by atoms with van der Waals surface area (Å²) in [6.45, 7) is 7.30. The molecule has 3 rings (SSSR count). The van der Waals surface area contributed by atoms with Crippen LogP contribution in [0.1, 0.15) is 18.5 Å². The first kappa shape index (κ1) is 9.46. The molecule has 80 valence electrons. The third-order valence-electron chi connectivity index (χ3n) is 3.40. The van der Waals surface area contributed by atoms with Crippen LogP contribution >= 0.6 is 0 Å². The number of hydrogen-bond acceptors (Lipinski definition) is 1. The molecule has 1 fully saturated rings. The van der Waals surface area contributed by atoms with Gasteiger partial charge in [-0.05, 0) is 23.3 Å². The highest BCUT2D eigenvalue weighted by molar-refractivity contribution is 5.86. The van der Waals surface area contributed by atoms with Gasteiger partial charge in [-0.3, -0.25) is 0 Å². The Bertz CT molecular complexity index is 551. The molecule has 1 atom stereocenters. The molecule has 1 heteroatoms. The lowest BCUT2D eigenvalue weighted by Crippen LogP contribution is -2.04. The van der Waals surface area contributed by atoms with E-state index in [2.05, 4.69) is 60.9 Å². The molecule has 0 unspecified atom stereocenters. The van der Waals surface area contributed by atoms with Gasteiger partial charge in [-0.1, -0.05) is 49.0 Å². The summed E-state index contributed by atoms with van der Waals surface area (Å²) < 4.78 is 0. The molecule has 1 heterocycles. The second kappa shape index (κ2) is 3.38. The Morgan fingerprint density at radius 2 is 1.81 bits per heavy atom. The molecule has 0 bridgehead atoms. The molecule has 0 radical (unpaired) electrons. The first-order chi connectivity index (χ1) is 7.77. The van der Waals surface area contributed by atoms with Crippen LogP contribution in [0.2, 0.25) is 0 Å². The van der Waals surface area contributed by atoms with E-state index in [1.165, 1.54) is 22.0 Å². The standard InChI is InChI=1S/C15H15N/c1-11-10-16(11)12(2)14-9-5-7-13-6-3-4-8-15(13)14/h3-9,12H,1,10H2,2H3/t12-,16?/m0/s1. The molecule has 2 aromatic carbocycles. The first-order valence-corrected chi connectivity index (χ1v) is 5.69. The molecule has 0 spiro atoms. The van der Waals surface area contributed by atoms with Crippen molar-refractivity contribution in [1.82, 2.24) is 4.90 Å². The van der Waals surface area contributed by atoms with Crippen molar-refractivity contribution in [2.24, 2.45) is 0 Å². The van der Waals surface area contributed by atoms with Crippen LogP contribution < -0.4 is 0 Å². The molecule has 1 saturated heterocycles. The normalized spacial score (nSPS) is 16.6. The van der Waals surface area contributed by atoms with Crippen LogP contribution in [-0.2, 0) is 0 Å². The minimum atomic E-state index is 0.443. The van der Waals surface area contributed by atoms with Gasteiger partial charge in [-0.25, -0.2) is 0 Å². The molecule has 1 nitrogen and oxygen atoms in total. The summed E-state index contributed by atoms with van der Waals surface area (Å²) >= 11 is 0. The highest BCUT2D eigenvalue weighted by Crippen LogP contribution is 2.36. The average molecular weight is 209 g/mol. The Hall–Kier alpha value is -1.76. The molecule has 1 aliphatic rings. The zero-order valence-electron chi connectivity index (χ0n) is 9.48. The van der Waals surface area contributed by atoms with Crippen molar-refractivity contribution in [2.45, 2.75) is 13.0 Å². The largest absolute Gasteiger partial charge is 0.361 e. The van der Waals surface area contributed by atoms with E-state index in [0.29, 0.717) is 6.04 Å². The van der Waals surface area contributed by atoms with E-state index in [-0.39, 0.29) is 0 Å². The van der Waals surface area contributed by atoms with Crippen LogP contribution in [0.4, 0.5) is 0 Å². The number of nitrogens with zero attached hydrogens (tertiary/aromatic N) is 1. The monoisotopic (exact) mass is 209 g/mol. The van der Waals surface area contributed by atoms with Gasteiger partial charge in [0.1, 0.15) is 0 Å². The minimum Gasteiger partial charge on any atom is -0.361 e. The molecule has 0 amide bonds. The van der Waals surface area contributed by atoms with Crippen molar-refractivity contribution in [3.63, 3.8) is 0 Å². The summed E-state index contributed by atoms with van der Waals surface area (Å²) in [4.78, 5) is 2.34. The Labute approximate surface area is 96.0 Å². The van der Waals surface area contributed by atoms with Gasteiger partial charge in [-0.15, -0.1) is 0 Å². The van der Waals surface area contributed by atoms with Gasteiger partial charge in [0.25, 0.3) is 0 Å². The van der Waals surface area contributed by atoms with E-state index < -0.39 is 0 Å². The van der Waals surface area contributed by atoms with Crippen molar-refractivity contribution >= 4 is 10.8 Å². The van der Waals surface area contributed by atoms with Crippen molar-refractivity contribution in [3.8, 4) is 0 Å². The van der Waals surface area contributed by atoms with Crippen LogP contribution in [0, 0.1) is 0 Å². The van der Waals surface area contributed by atoms with Crippen molar-refractivity contribution in [1.29, 1.82) is 0 Å². The molecular weight excluding hydrogens is 194 g/mol. The van der Waals surface area contributed by atoms with Crippen LogP contribution in [0.15, 0.2) is 54.7 Å². The lowest BCUT2D eigenvalue weighted by molar-refractivity contribution is 0.467. The topological polar surface area (TPSA) is 3.01 Å². The summed E-state index contributed by atoms with van der Waals surface area (Å²) in [5, 5.41) is 2.68. The van der Waals surface area contributed by atoms with Gasteiger partial charge in [0.2, 0.25) is 0 Å². The molecule has 1 aliphatic heterocycles. The molecule has 0 N–H and O–H groups in total. The fourth-order valence-corrected chi connectivity index (χ4v) is 2.35. The van der Waals surface area contributed by atoms with Crippen molar-refractivity contribution in [2.75, 3.05) is 6.54 Å². The summed E-state index contributed by atoms with van der Waals surface area (Å²) in [7, 11) is 0. The summed E-state index contributed by atoms with van der Waals surface area (Å²) in [5.41, 5.74) is 2.65. The van der Waals surface area contributed by atoms with E-state index in [4.69, 9.17) is 0 Å². The predicted molar refractivity (Wildman–Crippen MR) is 68.2 cm³/mol. The van der Waals surface area contributed by atoms with Crippen LogP contribution in [0.3, 0.4) is 0 Å². The third-order valence-corrected chi connectivity index (χ3v) is 3.40. The molecular formula is C15H15N. The van der Waals surface area contributed by atoms with Crippen LogP contribution in [0.25, 0.3) is 10.8 Å². The molecule has 16 heavy (non-hydrogen) atoms. The van der Waals surface area contributed by atoms with E-state index in [1.54, 1.807) is 0 Å². The Morgan fingerprint density at radius 3 is 2.56 bits per heavy atom. The second-order valence-electron chi connectivity index (χ2n) is 4.44. The fourth-order valence-electron chi connectivity index (χ4n) is 2.35. The molecule has 2 aromatic rings. The van der Waals surface area contributed by atoms with Crippen molar-refractivity contribution in [3.05, 3.63) is 60.3 Å². The third kappa shape index (κ3) is 1.40. The number of hydrogen-bond donors (Lipinski definition) is 0. The van der Waals surface area contributed by atoms with Crippen molar-refractivity contribution < 1.29 is 0 Å². The SMILES string of the molecule is C=C1CN1[C@@H](C)c1cccc2ccccc12. The highest BCUT2D eigenvalue weighted by Gasteiger charge is 2.29. The van der Waals surface area contributed by atoms with E-state index in [9.17, 15) is 0 Å². The van der Waals surface area contributed by atoms with E-state index >= 15 is 0 Å². The van der Waals surface area contributed by atoms with Gasteiger partial charge in [0.05, 0.1) is 12.6 Å². The number of fused-ring (bicyclic) bond motifs is 1.